The van der Waals surface area contributed by atoms with E-state index < -0.39 is 0 Å². The first-order chi connectivity index (χ1) is 8.63. The van der Waals surface area contributed by atoms with Gasteiger partial charge >= 0.3 is 0 Å². The summed E-state index contributed by atoms with van der Waals surface area (Å²) in [7, 11) is 0. The monoisotopic (exact) mass is 281 g/mol. The summed E-state index contributed by atoms with van der Waals surface area (Å²) < 4.78 is 0. The number of thioether (sulfide) groups is 1. The van der Waals surface area contributed by atoms with Gasteiger partial charge in [0.2, 0.25) is 5.91 Å². The van der Waals surface area contributed by atoms with Crippen LogP contribution in [0.5, 0.6) is 0 Å². The smallest absolute Gasteiger partial charge is 0.230 e. The highest BCUT2D eigenvalue weighted by molar-refractivity contribution is 8.00. The topological polar surface area (TPSA) is 54.9 Å². The van der Waals surface area contributed by atoms with Gasteiger partial charge in [0.25, 0.3) is 0 Å². The number of hydrogen-bond donors (Lipinski definition) is 1. The molecule has 2 rings (SSSR count). The number of rotatable bonds is 4. The molecule has 1 amide bonds. The van der Waals surface area contributed by atoms with Gasteiger partial charge in [-0.1, -0.05) is 11.8 Å². The van der Waals surface area contributed by atoms with Crippen molar-refractivity contribution in [3.8, 4) is 0 Å². The Morgan fingerprint density at radius 2 is 2.22 bits per heavy atom. The zero-order valence-electron chi connectivity index (χ0n) is 10.6. The Bertz CT molecular complexity index is 580. The second-order valence-electron chi connectivity index (χ2n) is 3.88. The van der Waals surface area contributed by atoms with E-state index in [4.69, 9.17) is 0 Å². The van der Waals surface area contributed by atoms with Crippen molar-refractivity contribution in [1.82, 2.24) is 15.3 Å². The summed E-state index contributed by atoms with van der Waals surface area (Å²) >= 11 is 3.14. The fraction of sp³-hybridized carbons (Fsp3) is 0.417. The molecule has 1 N–H and O–H groups in total. The number of hydrogen-bond acceptors (Lipinski definition) is 5. The third-order valence-corrected chi connectivity index (χ3v) is 4.75. The Balaban J connectivity index is 2.25. The first-order valence-electron chi connectivity index (χ1n) is 5.73. The highest BCUT2D eigenvalue weighted by atomic mass is 32.2. The molecule has 0 radical (unpaired) electrons. The van der Waals surface area contributed by atoms with E-state index >= 15 is 0 Å². The Morgan fingerprint density at radius 1 is 1.44 bits per heavy atom. The van der Waals surface area contributed by atoms with Gasteiger partial charge in [0.1, 0.15) is 16.2 Å². The Hall–Kier alpha value is -1.14. The van der Waals surface area contributed by atoms with Gasteiger partial charge in [0, 0.05) is 16.8 Å². The van der Waals surface area contributed by atoms with Crippen molar-refractivity contribution in [3.63, 3.8) is 0 Å². The normalized spacial score (nSPS) is 10.8. The van der Waals surface area contributed by atoms with Crippen LogP contribution in [0.15, 0.2) is 11.4 Å². The average molecular weight is 281 g/mol. The molecule has 0 atom stereocenters. The van der Waals surface area contributed by atoms with E-state index in [2.05, 4.69) is 29.1 Å². The van der Waals surface area contributed by atoms with Crippen LogP contribution in [0, 0.1) is 13.8 Å². The van der Waals surface area contributed by atoms with Crippen molar-refractivity contribution in [2.45, 2.75) is 25.8 Å². The minimum Gasteiger partial charge on any atom is -0.356 e. The van der Waals surface area contributed by atoms with Gasteiger partial charge < -0.3 is 5.32 Å². The second-order valence-corrected chi connectivity index (χ2v) is 6.05. The lowest BCUT2D eigenvalue weighted by atomic mass is 10.2. The maximum Gasteiger partial charge on any atom is 0.230 e. The van der Waals surface area contributed by atoms with Gasteiger partial charge in [-0.2, -0.15) is 0 Å². The molecule has 96 valence electrons. The fourth-order valence-corrected chi connectivity index (χ4v) is 3.59. The number of carbonyl (C=O) groups excluding carboxylic acids is 1. The van der Waals surface area contributed by atoms with Gasteiger partial charge in [0.15, 0.2) is 0 Å². The third-order valence-electron chi connectivity index (χ3n) is 2.64. The molecule has 6 heteroatoms. The lowest BCUT2D eigenvalue weighted by molar-refractivity contribution is -0.118. The van der Waals surface area contributed by atoms with Crippen LogP contribution < -0.4 is 5.32 Å². The van der Waals surface area contributed by atoms with Crippen molar-refractivity contribution in [3.05, 3.63) is 16.8 Å². The molecule has 18 heavy (non-hydrogen) atoms. The van der Waals surface area contributed by atoms with Crippen LogP contribution in [-0.4, -0.2) is 28.2 Å². The molecule has 0 aliphatic carbocycles. The summed E-state index contributed by atoms with van der Waals surface area (Å²) in [4.78, 5) is 22.3. The van der Waals surface area contributed by atoms with Crippen LogP contribution in [0.4, 0.5) is 0 Å². The number of fused-ring (bicyclic) bond motifs is 1. The predicted octanol–water partition coefficient (Wildman–Crippen LogP) is 2.54. The molecule has 0 unspecified atom stereocenters. The standard InChI is InChI=1S/C12H15N3OS2/c1-4-13-9(16)5-17-11-10-7(2)8(3)18-12(10)15-6-14-11/h6H,4-5H2,1-3H3,(H,13,16). The van der Waals surface area contributed by atoms with E-state index in [1.54, 1.807) is 17.7 Å². The maximum atomic E-state index is 11.5. The molecule has 2 aromatic rings. The zero-order valence-corrected chi connectivity index (χ0v) is 12.2. The van der Waals surface area contributed by atoms with Gasteiger partial charge in [-0.15, -0.1) is 11.3 Å². The van der Waals surface area contributed by atoms with Gasteiger partial charge in [-0.3, -0.25) is 4.79 Å². The first kappa shape index (κ1) is 13.3. The first-order valence-corrected chi connectivity index (χ1v) is 7.54. The molecule has 2 aromatic heterocycles. The van der Waals surface area contributed by atoms with Gasteiger partial charge in [-0.25, -0.2) is 9.97 Å². The van der Waals surface area contributed by atoms with Crippen molar-refractivity contribution in [2.24, 2.45) is 0 Å². The number of aromatic nitrogens is 2. The van der Waals surface area contributed by atoms with Crippen molar-refractivity contribution in [2.75, 3.05) is 12.3 Å². The molecule has 0 saturated carbocycles. The molecule has 2 heterocycles. The minimum absolute atomic E-state index is 0.0406. The molecule has 4 nitrogen and oxygen atoms in total. The molecule has 0 saturated heterocycles. The number of thiophene rings is 1. The molecule has 0 fully saturated rings. The molecular weight excluding hydrogens is 266 g/mol. The second kappa shape index (κ2) is 5.67. The van der Waals surface area contributed by atoms with Crippen molar-refractivity contribution in [1.29, 1.82) is 0 Å². The molecule has 0 bridgehead atoms. The third kappa shape index (κ3) is 2.64. The van der Waals surface area contributed by atoms with Crippen molar-refractivity contribution < 1.29 is 4.79 Å². The van der Waals surface area contributed by atoms with Crippen LogP contribution >= 0.6 is 23.1 Å². The summed E-state index contributed by atoms with van der Waals surface area (Å²) in [6, 6.07) is 0. The van der Waals surface area contributed by atoms with E-state index in [1.165, 1.54) is 22.2 Å². The van der Waals surface area contributed by atoms with Gasteiger partial charge in [0.05, 0.1) is 5.75 Å². The summed E-state index contributed by atoms with van der Waals surface area (Å²) in [5, 5.41) is 4.77. The number of aryl methyl sites for hydroxylation is 2. The summed E-state index contributed by atoms with van der Waals surface area (Å²) in [5.41, 5.74) is 1.22. The minimum atomic E-state index is 0.0406. The lowest BCUT2D eigenvalue weighted by Crippen LogP contribution is -2.24. The number of nitrogens with zero attached hydrogens (tertiary/aromatic N) is 2. The fourth-order valence-electron chi connectivity index (χ4n) is 1.64. The summed E-state index contributed by atoms with van der Waals surface area (Å²) in [5.74, 6) is 0.438. The van der Waals surface area contributed by atoms with Crippen molar-refractivity contribution >= 4 is 39.2 Å². The number of nitrogens with one attached hydrogen (secondary N) is 1. The molecular formula is C12H15N3OS2. The van der Waals surface area contributed by atoms with Crippen LogP contribution in [0.2, 0.25) is 0 Å². The van der Waals surface area contributed by atoms with E-state index in [0.29, 0.717) is 12.3 Å². The van der Waals surface area contributed by atoms with E-state index in [1.807, 2.05) is 6.92 Å². The highest BCUT2D eigenvalue weighted by Gasteiger charge is 2.13. The number of amides is 1. The quantitative estimate of drug-likeness (QED) is 0.691. The Kier molecular flexibility index (Phi) is 4.19. The predicted molar refractivity (Wildman–Crippen MR) is 76.3 cm³/mol. The lowest BCUT2D eigenvalue weighted by Gasteiger charge is -2.03. The Labute approximate surface area is 114 Å². The number of carbonyl (C=O) groups is 1. The average Bonchev–Trinajstić information content (AvgIpc) is 2.64. The zero-order chi connectivity index (χ0) is 13.1. The van der Waals surface area contributed by atoms with Crippen LogP contribution in [-0.2, 0) is 4.79 Å². The van der Waals surface area contributed by atoms with E-state index in [-0.39, 0.29) is 5.91 Å². The van der Waals surface area contributed by atoms with Crippen LogP contribution in [0.25, 0.3) is 10.2 Å². The summed E-state index contributed by atoms with van der Waals surface area (Å²) in [6.07, 6.45) is 1.57. The van der Waals surface area contributed by atoms with Gasteiger partial charge in [-0.05, 0) is 26.3 Å². The molecule has 0 aliphatic heterocycles. The Morgan fingerprint density at radius 3 is 2.94 bits per heavy atom. The van der Waals surface area contributed by atoms with Crippen LogP contribution in [0.3, 0.4) is 0 Å². The highest BCUT2D eigenvalue weighted by Crippen LogP contribution is 2.34. The molecule has 0 aromatic carbocycles. The molecule has 0 aliphatic rings. The molecule has 0 spiro atoms. The largest absolute Gasteiger partial charge is 0.356 e. The van der Waals surface area contributed by atoms with Crippen LogP contribution in [0.1, 0.15) is 17.4 Å². The SMILES string of the molecule is CCNC(=O)CSc1ncnc2sc(C)c(C)c12. The van der Waals surface area contributed by atoms with E-state index in [9.17, 15) is 4.79 Å². The summed E-state index contributed by atoms with van der Waals surface area (Å²) in [6.45, 7) is 6.74. The maximum absolute atomic E-state index is 11.5. The van der Waals surface area contributed by atoms with E-state index in [0.717, 1.165) is 15.2 Å².